The quantitative estimate of drug-likeness (QED) is 0.728. The maximum Gasteiger partial charge on any atom is 0.255 e. The third-order valence-corrected chi connectivity index (χ3v) is 5.21. The molecule has 2 aromatic heterocycles. The number of benzene rings is 1. The minimum Gasteiger partial charge on any atom is -0.345 e. The molecule has 0 atom stereocenters. The Hall–Kier alpha value is -2.73. The second kappa shape index (κ2) is 7.03. The summed E-state index contributed by atoms with van der Waals surface area (Å²) in [5.41, 5.74) is 2.79. The van der Waals surface area contributed by atoms with Crippen LogP contribution in [0.15, 0.2) is 60.2 Å². The van der Waals surface area contributed by atoms with Crippen LogP contribution in [0, 0.1) is 0 Å². The normalized spacial score (nSPS) is 14.6. The summed E-state index contributed by atoms with van der Waals surface area (Å²) in [6.45, 7) is 3.00. The van der Waals surface area contributed by atoms with E-state index in [1.807, 2.05) is 29.2 Å². The van der Waals surface area contributed by atoms with Crippen molar-refractivity contribution < 1.29 is 4.79 Å². The molecule has 0 radical (unpaired) electrons. The lowest BCUT2D eigenvalue weighted by Gasteiger charge is -2.34. The average molecular weight is 350 g/mol. The van der Waals surface area contributed by atoms with Crippen LogP contribution < -0.4 is 4.90 Å². The number of anilines is 1. The molecule has 0 N–H and O–H groups in total. The molecular formula is C19H18N4OS. The number of carbonyl (C=O) groups excluding carboxylic acids is 1. The van der Waals surface area contributed by atoms with Crippen molar-refractivity contribution in [2.75, 3.05) is 31.1 Å². The fourth-order valence-corrected chi connectivity index (χ4v) is 3.81. The van der Waals surface area contributed by atoms with Crippen molar-refractivity contribution in [3.8, 4) is 11.3 Å². The van der Waals surface area contributed by atoms with Gasteiger partial charge in [0.1, 0.15) is 0 Å². The summed E-state index contributed by atoms with van der Waals surface area (Å²) in [4.78, 5) is 25.4. The second-order valence-corrected chi connectivity index (χ2v) is 6.74. The smallest absolute Gasteiger partial charge is 0.255 e. The number of carbonyl (C=O) groups is 1. The van der Waals surface area contributed by atoms with Crippen LogP contribution in [0.3, 0.4) is 0 Å². The number of nitrogens with zero attached hydrogens (tertiary/aromatic N) is 4. The highest BCUT2D eigenvalue weighted by atomic mass is 32.1. The molecule has 1 fully saturated rings. The van der Waals surface area contributed by atoms with Crippen molar-refractivity contribution >= 4 is 22.4 Å². The highest BCUT2D eigenvalue weighted by molar-refractivity contribution is 7.14. The van der Waals surface area contributed by atoms with Gasteiger partial charge in [0.25, 0.3) is 5.91 Å². The summed E-state index contributed by atoms with van der Waals surface area (Å²) >= 11 is 1.66. The molecule has 0 aliphatic carbocycles. The number of thiazole rings is 1. The van der Waals surface area contributed by atoms with E-state index in [4.69, 9.17) is 4.98 Å². The maximum atomic E-state index is 12.5. The molecular weight excluding hydrogens is 332 g/mol. The number of piperazine rings is 1. The highest BCUT2D eigenvalue weighted by Crippen LogP contribution is 2.28. The number of pyridine rings is 1. The van der Waals surface area contributed by atoms with Gasteiger partial charge in [0.2, 0.25) is 0 Å². The number of amides is 1. The van der Waals surface area contributed by atoms with Crippen LogP contribution in [-0.2, 0) is 0 Å². The summed E-state index contributed by atoms with van der Waals surface area (Å²) in [6.07, 6.45) is 3.31. The SMILES string of the molecule is O=C(c1cccnc1)N1CCN(c2nc(-c3ccccc3)cs2)CC1. The standard InChI is InChI=1S/C19H18N4OS/c24-18(16-7-4-8-20-13-16)22-9-11-23(12-10-22)19-21-17(14-25-19)15-5-2-1-3-6-15/h1-8,13-14H,9-12H2. The van der Waals surface area contributed by atoms with Crippen LogP contribution in [0.5, 0.6) is 0 Å². The molecule has 3 heterocycles. The van der Waals surface area contributed by atoms with E-state index < -0.39 is 0 Å². The molecule has 25 heavy (non-hydrogen) atoms. The fourth-order valence-electron chi connectivity index (χ4n) is 2.92. The Kier molecular flexibility index (Phi) is 4.43. The van der Waals surface area contributed by atoms with E-state index >= 15 is 0 Å². The zero-order valence-electron chi connectivity index (χ0n) is 13.7. The van der Waals surface area contributed by atoms with Gasteiger partial charge < -0.3 is 9.80 Å². The van der Waals surface area contributed by atoms with E-state index in [-0.39, 0.29) is 5.91 Å². The molecule has 0 saturated carbocycles. The molecule has 1 amide bonds. The monoisotopic (exact) mass is 350 g/mol. The van der Waals surface area contributed by atoms with E-state index in [1.165, 1.54) is 0 Å². The molecule has 1 aliphatic rings. The Balaban J connectivity index is 1.41. The zero-order valence-corrected chi connectivity index (χ0v) is 14.5. The van der Waals surface area contributed by atoms with Crippen LogP contribution >= 0.6 is 11.3 Å². The van der Waals surface area contributed by atoms with Gasteiger partial charge in [0.05, 0.1) is 11.3 Å². The lowest BCUT2D eigenvalue weighted by atomic mass is 10.2. The topological polar surface area (TPSA) is 49.3 Å². The third-order valence-electron chi connectivity index (χ3n) is 4.31. The zero-order chi connectivity index (χ0) is 17.1. The summed E-state index contributed by atoms with van der Waals surface area (Å²) in [5.74, 6) is 0.0527. The van der Waals surface area contributed by atoms with Gasteiger partial charge in [0.15, 0.2) is 5.13 Å². The molecule has 0 spiro atoms. The Bertz CT molecular complexity index is 842. The molecule has 5 nitrogen and oxygen atoms in total. The summed E-state index contributed by atoms with van der Waals surface area (Å²) < 4.78 is 0. The number of hydrogen-bond acceptors (Lipinski definition) is 5. The van der Waals surface area contributed by atoms with Gasteiger partial charge in [-0.05, 0) is 12.1 Å². The first-order valence-corrected chi connectivity index (χ1v) is 9.14. The Morgan fingerprint density at radius 2 is 1.80 bits per heavy atom. The first-order valence-electron chi connectivity index (χ1n) is 8.26. The molecule has 0 bridgehead atoms. The first kappa shape index (κ1) is 15.8. The molecule has 3 aromatic rings. The van der Waals surface area contributed by atoms with Gasteiger partial charge in [-0.1, -0.05) is 30.3 Å². The van der Waals surface area contributed by atoms with Gasteiger partial charge in [-0.2, -0.15) is 0 Å². The third kappa shape index (κ3) is 3.39. The van der Waals surface area contributed by atoms with Gasteiger partial charge >= 0.3 is 0 Å². The fraction of sp³-hybridized carbons (Fsp3) is 0.211. The van der Waals surface area contributed by atoms with Crippen LogP contribution in [-0.4, -0.2) is 47.0 Å². The van der Waals surface area contributed by atoms with E-state index in [0.717, 1.165) is 29.5 Å². The van der Waals surface area contributed by atoms with E-state index in [1.54, 1.807) is 29.8 Å². The minimum atomic E-state index is 0.0527. The van der Waals surface area contributed by atoms with Gasteiger partial charge in [-0.3, -0.25) is 9.78 Å². The number of hydrogen-bond donors (Lipinski definition) is 0. The lowest BCUT2D eigenvalue weighted by molar-refractivity contribution is 0.0746. The molecule has 126 valence electrons. The molecule has 1 saturated heterocycles. The van der Waals surface area contributed by atoms with Crippen molar-refractivity contribution in [3.63, 3.8) is 0 Å². The van der Waals surface area contributed by atoms with Crippen molar-refractivity contribution in [1.82, 2.24) is 14.9 Å². The summed E-state index contributed by atoms with van der Waals surface area (Å²) in [5, 5.41) is 3.12. The summed E-state index contributed by atoms with van der Waals surface area (Å²) in [6, 6.07) is 13.8. The van der Waals surface area contributed by atoms with Crippen LogP contribution in [0.4, 0.5) is 5.13 Å². The van der Waals surface area contributed by atoms with Crippen molar-refractivity contribution in [1.29, 1.82) is 0 Å². The molecule has 6 heteroatoms. The molecule has 4 rings (SSSR count). The van der Waals surface area contributed by atoms with Crippen molar-refractivity contribution in [2.24, 2.45) is 0 Å². The highest BCUT2D eigenvalue weighted by Gasteiger charge is 2.23. The van der Waals surface area contributed by atoms with E-state index in [0.29, 0.717) is 18.7 Å². The van der Waals surface area contributed by atoms with Crippen LogP contribution in [0.1, 0.15) is 10.4 Å². The van der Waals surface area contributed by atoms with Crippen LogP contribution in [0.2, 0.25) is 0 Å². The lowest BCUT2D eigenvalue weighted by Crippen LogP contribution is -2.48. The summed E-state index contributed by atoms with van der Waals surface area (Å²) in [7, 11) is 0. The van der Waals surface area contributed by atoms with Crippen LogP contribution in [0.25, 0.3) is 11.3 Å². The minimum absolute atomic E-state index is 0.0527. The average Bonchev–Trinajstić information content (AvgIpc) is 3.19. The van der Waals surface area contributed by atoms with Gasteiger partial charge in [-0.25, -0.2) is 4.98 Å². The Labute approximate surface area is 150 Å². The first-order chi connectivity index (χ1) is 12.3. The van der Waals surface area contributed by atoms with Crippen molar-refractivity contribution in [2.45, 2.75) is 0 Å². The molecule has 1 aliphatic heterocycles. The predicted molar refractivity (Wildman–Crippen MR) is 99.9 cm³/mol. The molecule has 0 unspecified atom stereocenters. The number of aromatic nitrogens is 2. The second-order valence-electron chi connectivity index (χ2n) is 5.90. The predicted octanol–water partition coefficient (Wildman–Crippen LogP) is 3.17. The largest absolute Gasteiger partial charge is 0.345 e. The van der Waals surface area contributed by atoms with Gasteiger partial charge in [-0.15, -0.1) is 11.3 Å². The van der Waals surface area contributed by atoms with E-state index in [9.17, 15) is 4.79 Å². The van der Waals surface area contributed by atoms with Crippen molar-refractivity contribution in [3.05, 3.63) is 65.8 Å². The Morgan fingerprint density at radius 3 is 2.52 bits per heavy atom. The molecule has 1 aromatic carbocycles. The van der Waals surface area contributed by atoms with Gasteiger partial charge in [0, 0.05) is 49.5 Å². The van der Waals surface area contributed by atoms with E-state index in [2.05, 4.69) is 27.4 Å². The maximum absolute atomic E-state index is 12.5. The Morgan fingerprint density at radius 1 is 1.00 bits per heavy atom. The number of rotatable bonds is 3.